The predicted molar refractivity (Wildman–Crippen MR) is 73.0 cm³/mol. The zero-order chi connectivity index (χ0) is 14.4. The van der Waals surface area contributed by atoms with Crippen LogP contribution in [0.15, 0.2) is 54.7 Å². The second kappa shape index (κ2) is 6.75. The van der Waals surface area contributed by atoms with Gasteiger partial charge in [0.25, 0.3) is 6.43 Å². The molecule has 1 aromatic carbocycles. The number of halogens is 2. The molecule has 0 spiro atoms. The molecule has 0 saturated heterocycles. The van der Waals surface area contributed by atoms with Gasteiger partial charge in [0.1, 0.15) is 5.82 Å². The summed E-state index contributed by atoms with van der Waals surface area (Å²) < 4.78 is 26.0. The molecule has 1 N–H and O–H groups in total. The number of hydrogen-bond donors (Lipinski definition) is 1. The molecule has 5 heteroatoms. The fourth-order valence-corrected chi connectivity index (χ4v) is 1.78. The highest BCUT2D eigenvalue weighted by Gasteiger charge is 2.24. The van der Waals surface area contributed by atoms with Crippen molar-refractivity contribution in [2.45, 2.75) is 18.9 Å². The van der Waals surface area contributed by atoms with Gasteiger partial charge in [-0.15, -0.1) is 0 Å². The number of carbonyl (C=O) groups is 1. The minimum Gasteiger partial charge on any atom is -0.361 e. The fraction of sp³-hybridized carbons (Fsp3) is 0.200. The average molecular weight is 276 g/mol. The van der Waals surface area contributed by atoms with Gasteiger partial charge in [-0.05, 0) is 12.1 Å². The van der Waals surface area contributed by atoms with Crippen LogP contribution in [0.25, 0.3) is 0 Å². The summed E-state index contributed by atoms with van der Waals surface area (Å²) in [4.78, 5) is 15.9. The third-order valence-electron chi connectivity index (χ3n) is 2.80. The first-order chi connectivity index (χ1) is 9.66. The Morgan fingerprint density at radius 1 is 1.10 bits per heavy atom. The molecule has 0 saturated carbocycles. The lowest BCUT2D eigenvalue weighted by atomic mass is 10.0. The molecule has 2 aromatic rings. The number of pyridine rings is 1. The van der Waals surface area contributed by atoms with Crippen LogP contribution < -0.4 is 5.32 Å². The number of benzene rings is 1. The van der Waals surface area contributed by atoms with Crippen LogP contribution in [0, 0.1) is 0 Å². The first kappa shape index (κ1) is 14.1. The highest BCUT2D eigenvalue weighted by atomic mass is 19.3. The van der Waals surface area contributed by atoms with Crippen LogP contribution in [0.3, 0.4) is 0 Å². The summed E-state index contributed by atoms with van der Waals surface area (Å²) in [5, 5.41) is 2.60. The number of nitrogens with zero attached hydrogens (tertiary/aromatic N) is 1. The van der Waals surface area contributed by atoms with E-state index in [1.54, 1.807) is 48.5 Å². The summed E-state index contributed by atoms with van der Waals surface area (Å²) in [7, 11) is 0. The number of hydrogen-bond acceptors (Lipinski definition) is 3. The molecule has 1 heterocycles. The summed E-state index contributed by atoms with van der Waals surface area (Å²) >= 11 is 0. The van der Waals surface area contributed by atoms with Gasteiger partial charge in [-0.1, -0.05) is 36.4 Å². The van der Waals surface area contributed by atoms with Gasteiger partial charge in [0.15, 0.2) is 5.78 Å². The second-order valence-electron chi connectivity index (χ2n) is 4.29. The van der Waals surface area contributed by atoms with Crippen molar-refractivity contribution in [3.05, 3.63) is 60.3 Å². The van der Waals surface area contributed by atoms with Gasteiger partial charge in [0, 0.05) is 18.2 Å². The Bertz CT molecular complexity index is 546. The number of Topliss-reactive ketones (excluding diaryl/α,β-unsaturated/α-hetero) is 1. The van der Waals surface area contributed by atoms with E-state index < -0.39 is 12.5 Å². The van der Waals surface area contributed by atoms with E-state index in [1.807, 2.05) is 0 Å². The topological polar surface area (TPSA) is 42.0 Å². The molecular weight excluding hydrogens is 262 g/mol. The van der Waals surface area contributed by atoms with Crippen LogP contribution in [0.4, 0.5) is 14.6 Å². The molecule has 0 aliphatic heterocycles. The maximum Gasteiger partial charge on any atom is 0.258 e. The van der Waals surface area contributed by atoms with Crippen molar-refractivity contribution in [2.24, 2.45) is 0 Å². The summed E-state index contributed by atoms with van der Waals surface area (Å²) in [5.41, 5.74) is 0.431. The van der Waals surface area contributed by atoms with Crippen LogP contribution in [0.5, 0.6) is 0 Å². The Kier molecular flexibility index (Phi) is 4.76. The minimum absolute atomic E-state index is 0.280. The molecule has 3 nitrogen and oxygen atoms in total. The zero-order valence-electron chi connectivity index (χ0n) is 10.7. The lowest BCUT2D eigenvalue weighted by molar-refractivity contribution is 0.0873. The molecular formula is C15H14F2N2O. The second-order valence-corrected chi connectivity index (χ2v) is 4.29. The Morgan fingerprint density at radius 3 is 2.40 bits per heavy atom. The highest BCUT2D eigenvalue weighted by Crippen LogP contribution is 2.15. The molecule has 0 radical (unpaired) electrons. The Hall–Kier alpha value is -2.30. The number of nitrogens with one attached hydrogen (secondary N) is 1. The van der Waals surface area contributed by atoms with Crippen LogP contribution in [0.2, 0.25) is 0 Å². The number of ketones is 1. The first-order valence-corrected chi connectivity index (χ1v) is 6.21. The molecule has 1 unspecified atom stereocenters. The van der Waals surface area contributed by atoms with E-state index in [9.17, 15) is 13.6 Å². The normalized spacial score (nSPS) is 12.2. The van der Waals surface area contributed by atoms with Crippen molar-refractivity contribution in [1.82, 2.24) is 4.98 Å². The monoisotopic (exact) mass is 276 g/mol. The van der Waals surface area contributed by atoms with Gasteiger partial charge in [0.2, 0.25) is 0 Å². The van der Waals surface area contributed by atoms with Crippen molar-refractivity contribution in [3.8, 4) is 0 Å². The average Bonchev–Trinajstić information content (AvgIpc) is 2.48. The molecule has 1 atom stereocenters. The van der Waals surface area contributed by atoms with Gasteiger partial charge in [-0.3, -0.25) is 4.79 Å². The largest absolute Gasteiger partial charge is 0.361 e. The van der Waals surface area contributed by atoms with Crippen molar-refractivity contribution < 1.29 is 13.6 Å². The van der Waals surface area contributed by atoms with E-state index in [4.69, 9.17) is 0 Å². The van der Waals surface area contributed by atoms with E-state index in [2.05, 4.69) is 10.3 Å². The molecule has 20 heavy (non-hydrogen) atoms. The quantitative estimate of drug-likeness (QED) is 0.822. The van der Waals surface area contributed by atoms with Crippen molar-refractivity contribution in [3.63, 3.8) is 0 Å². The molecule has 0 fully saturated rings. The van der Waals surface area contributed by atoms with E-state index in [1.165, 1.54) is 6.20 Å². The van der Waals surface area contributed by atoms with E-state index in [-0.39, 0.29) is 12.2 Å². The summed E-state index contributed by atoms with van der Waals surface area (Å²) in [6.45, 7) is 0. The van der Waals surface area contributed by atoms with Gasteiger partial charge in [-0.2, -0.15) is 0 Å². The van der Waals surface area contributed by atoms with E-state index in [0.29, 0.717) is 11.4 Å². The molecule has 0 aliphatic carbocycles. The Balaban J connectivity index is 2.05. The maximum atomic E-state index is 13.0. The molecule has 104 valence electrons. The molecule has 1 aromatic heterocycles. The van der Waals surface area contributed by atoms with Crippen molar-refractivity contribution in [1.29, 1.82) is 0 Å². The summed E-state index contributed by atoms with van der Waals surface area (Å²) in [6, 6.07) is 12.1. The maximum absolute atomic E-state index is 13.0. The van der Waals surface area contributed by atoms with Crippen LogP contribution in [-0.2, 0) is 0 Å². The Labute approximate surface area is 115 Å². The number of aromatic nitrogens is 1. The van der Waals surface area contributed by atoms with E-state index >= 15 is 0 Å². The fourth-order valence-electron chi connectivity index (χ4n) is 1.78. The third-order valence-corrected chi connectivity index (χ3v) is 2.80. The van der Waals surface area contributed by atoms with Crippen LogP contribution in [0.1, 0.15) is 16.8 Å². The first-order valence-electron chi connectivity index (χ1n) is 6.21. The van der Waals surface area contributed by atoms with Crippen LogP contribution in [-0.4, -0.2) is 23.2 Å². The zero-order valence-corrected chi connectivity index (χ0v) is 10.7. The summed E-state index contributed by atoms with van der Waals surface area (Å²) in [5.74, 6) is 0.0120. The van der Waals surface area contributed by atoms with Gasteiger partial charge in [0.05, 0.1) is 6.04 Å². The molecule has 2 rings (SSSR count). The van der Waals surface area contributed by atoms with Gasteiger partial charge in [-0.25, -0.2) is 13.8 Å². The summed E-state index contributed by atoms with van der Waals surface area (Å²) in [6.07, 6.45) is -1.42. The number of rotatable bonds is 6. The Morgan fingerprint density at radius 2 is 1.80 bits per heavy atom. The number of anilines is 1. The highest BCUT2D eigenvalue weighted by molar-refractivity contribution is 5.96. The number of alkyl halides is 2. The van der Waals surface area contributed by atoms with Crippen LogP contribution >= 0.6 is 0 Å². The van der Waals surface area contributed by atoms with Crippen molar-refractivity contribution >= 4 is 11.6 Å². The standard InChI is InChI=1S/C15H14F2N2O/c16-15(17)12(19-14-8-4-5-9-18-14)10-13(20)11-6-2-1-3-7-11/h1-9,12,15H,10H2,(H,18,19). The molecule has 0 amide bonds. The third kappa shape index (κ3) is 3.85. The smallest absolute Gasteiger partial charge is 0.258 e. The lowest BCUT2D eigenvalue weighted by Gasteiger charge is -2.17. The molecule has 0 bridgehead atoms. The van der Waals surface area contributed by atoms with E-state index in [0.717, 1.165) is 0 Å². The predicted octanol–water partition coefficient (Wildman–Crippen LogP) is 3.40. The van der Waals surface area contributed by atoms with Crippen molar-refractivity contribution in [2.75, 3.05) is 5.32 Å². The lowest BCUT2D eigenvalue weighted by Crippen LogP contribution is -2.31. The molecule has 0 aliphatic rings. The van der Waals surface area contributed by atoms with Gasteiger partial charge < -0.3 is 5.32 Å². The van der Waals surface area contributed by atoms with Gasteiger partial charge >= 0.3 is 0 Å². The minimum atomic E-state index is -2.65. The SMILES string of the molecule is O=C(CC(Nc1ccccn1)C(F)F)c1ccccc1. The number of carbonyl (C=O) groups excluding carboxylic acids is 1.